The molecule has 180 valence electrons. The summed E-state index contributed by atoms with van der Waals surface area (Å²) in [7, 11) is 0. The lowest BCUT2D eigenvalue weighted by Crippen LogP contribution is -2.34. The average molecular weight is 500 g/mol. The van der Waals surface area contributed by atoms with Crippen molar-refractivity contribution in [3.05, 3.63) is 71.0 Å². The molecule has 1 aromatic heterocycles. The first-order valence-electron chi connectivity index (χ1n) is 11.0. The zero-order chi connectivity index (χ0) is 24.9. The van der Waals surface area contributed by atoms with Gasteiger partial charge in [-0.1, -0.05) is 35.5 Å². The summed E-state index contributed by atoms with van der Waals surface area (Å²) in [5.41, 5.74) is 2.23. The van der Waals surface area contributed by atoms with Gasteiger partial charge in [-0.25, -0.2) is 19.7 Å². The van der Waals surface area contributed by atoms with Crippen molar-refractivity contribution in [2.45, 2.75) is 57.9 Å². The Hall–Kier alpha value is -2.77. The molecule has 0 saturated carbocycles. The van der Waals surface area contributed by atoms with Gasteiger partial charge in [0.05, 0.1) is 29.4 Å². The van der Waals surface area contributed by atoms with Gasteiger partial charge < -0.3 is 9.47 Å². The summed E-state index contributed by atoms with van der Waals surface area (Å²) in [5.74, 6) is 0.721. The molecule has 0 fully saturated rings. The number of aromatic nitrogens is 2. The second kappa shape index (κ2) is 11.1. The van der Waals surface area contributed by atoms with Crippen molar-refractivity contribution in [2.24, 2.45) is 0 Å². The van der Waals surface area contributed by atoms with Gasteiger partial charge in [-0.3, -0.25) is 0 Å². The van der Waals surface area contributed by atoms with Gasteiger partial charge in [0.15, 0.2) is 5.16 Å². The van der Waals surface area contributed by atoms with E-state index in [0.29, 0.717) is 33.7 Å². The zero-order valence-electron chi connectivity index (χ0n) is 20.3. The minimum absolute atomic E-state index is 0.0475. The van der Waals surface area contributed by atoms with E-state index in [9.17, 15) is 4.79 Å². The van der Waals surface area contributed by atoms with Crippen LogP contribution in [0, 0.1) is 0 Å². The van der Waals surface area contributed by atoms with E-state index < -0.39 is 11.7 Å². The molecule has 0 aliphatic rings. The maximum Gasteiger partial charge on any atom is 0.419 e. The van der Waals surface area contributed by atoms with E-state index in [0.717, 1.165) is 11.3 Å². The lowest BCUT2D eigenvalue weighted by molar-refractivity contribution is 0.0598. The number of halogens is 1. The van der Waals surface area contributed by atoms with Crippen molar-refractivity contribution in [1.82, 2.24) is 9.97 Å². The summed E-state index contributed by atoms with van der Waals surface area (Å²) >= 11 is 7.51. The number of hydrogen-bond donors (Lipinski definition) is 0. The quantitative estimate of drug-likeness (QED) is 0.251. The molecular formula is C26H30ClN3O3S. The molecule has 0 bridgehead atoms. The molecule has 8 heteroatoms. The fourth-order valence-electron chi connectivity index (χ4n) is 3.20. The Morgan fingerprint density at radius 3 is 2.29 bits per heavy atom. The van der Waals surface area contributed by atoms with E-state index >= 15 is 0 Å². The Labute approximate surface area is 210 Å². The van der Waals surface area contributed by atoms with Crippen LogP contribution in [-0.4, -0.2) is 34.0 Å². The maximum absolute atomic E-state index is 13.4. The van der Waals surface area contributed by atoms with E-state index in [1.165, 1.54) is 16.7 Å². The van der Waals surface area contributed by atoms with Crippen LogP contribution in [0.1, 0.15) is 45.9 Å². The minimum atomic E-state index is -0.674. The Bertz CT molecular complexity index is 1110. The van der Waals surface area contributed by atoms with E-state index in [2.05, 4.69) is 4.98 Å². The highest BCUT2D eigenvalue weighted by Crippen LogP contribution is 2.33. The summed E-state index contributed by atoms with van der Waals surface area (Å²) in [6, 6.07) is 14.9. The fraction of sp³-hybridized carbons (Fsp3) is 0.346. The monoisotopic (exact) mass is 499 g/mol. The largest absolute Gasteiger partial charge is 0.491 e. The molecule has 6 nitrogen and oxygen atoms in total. The van der Waals surface area contributed by atoms with Crippen molar-refractivity contribution in [3.63, 3.8) is 0 Å². The van der Waals surface area contributed by atoms with Crippen molar-refractivity contribution in [2.75, 3.05) is 11.2 Å². The van der Waals surface area contributed by atoms with E-state index in [4.69, 9.17) is 26.1 Å². The molecule has 0 atom stereocenters. The number of rotatable bonds is 7. The third-order valence-electron chi connectivity index (χ3n) is 4.57. The van der Waals surface area contributed by atoms with Gasteiger partial charge in [0, 0.05) is 11.4 Å². The van der Waals surface area contributed by atoms with Crippen LogP contribution in [-0.2, 0) is 11.2 Å². The highest BCUT2D eigenvalue weighted by molar-refractivity contribution is 7.98. The van der Waals surface area contributed by atoms with Crippen LogP contribution in [0.3, 0.4) is 0 Å². The first-order chi connectivity index (χ1) is 16.1. The number of anilines is 2. The van der Waals surface area contributed by atoms with Gasteiger partial charge in [0.1, 0.15) is 11.4 Å². The lowest BCUT2D eigenvalue weighted by atomic mass is 10.1. The second-order valence-corrected chi connectivity index (χ2v) is 10.2. The molecule has 0 saturated heterocycles. The van der Waals surface area contributed by atoms with E-state index in [-0.39, 0.29) is 6.10 Å². The van der Waals surface area contributed by atoms with E-state index in [1.807, 2.05) is 89.4 Å². The number of carbonyl (C=O) groups excluding carboxylic acids is 1. The Kier molecular flexibility index (Phi) is 8.44. The number of carbonyl (C=O) groups is 1. The molecule has 0 N–H and O–H groups in total. The van der Waals surface area contributed by atoms with Crippen LogP contribution >= 0.6 is 23.4 Å². The molecule has 0 aliphatic heterocycles. The zero-order valence-corrected chi connectivity index (χ0v) is 21.9. The summed E-state index contributed by atoms with van der Waals surface area (Å²) in [6.45, 7) is 9.45. The van der Waals surface area contributed by atoms with Crippen molar-refractivity contribution < 1.29 is 14.3 Å². The highest BCUT2D eigenvalue weighted by atomic mass is 35.5. The minimum Gasteiger partial charge on any atom is -0.491 e. The normalized spacial score (nSPS) is 11.4. The molecular weight excluding hydrogens is 470 g/mol. The SMILES string of the molecule is CSc1ncc(N(C(=O)OC(C)(C)C)c2ccc(OC(C)C)cc2)c(Cc2ccc(Cl)cc2)n1. The van der Waals surface area contributed by atoms with Crippen molar-refractivity contribution >= 4 is 40.8 Å². The Morgan fingerprint density at radius 2 is 1.74 bits per heavy atom. The lowest BCUT2D eigenvalue weighted by Gasteiger charge is -2.28. The topological polar surface area (TPSA) is 64.6 Å². The standard InChI is InChI=1S/C26H30ClN3O3S/c1-17(2)32-21-13-11-20(12-14-21)30(25(31)33-26(3,4)5)23-16-28-24(34-6)29-22(23)15-18-7-9-19(27)10-8-18/h7-14,16-17H,15H2,1-6H3. The molecule has 1 heterocycles. The van der Waals surface area contributed by atoms with Crippen LogP contribution in [0.15, 0.2) is 59.9 Å². The highest BCUT2D eigenvalue weighted by Gasteiger charge is 2.28. The summed E-state index contributed by atoms with van der Waals surface area (Å²) in [5, 5.41) is 1.29. The molecule has 2 aromatic carbocycles. The van der Waals surface area contributed by atoms with Crippen LogP contribution in [0.4, 0.5) is 16.2 Å². The first kappa shape index (κ1) is 25.8. The number of benzene rings is 2. The van der Waals surface area contributed by atoms with Gasteiger partial charge in [-0.2, -0.15) is 0 Å². The number of ether oxygens (including phenoxy) is 2. The number of hydrogen-bond acceptors (Lipinski definition) is 6. The van der Waals surface area contributed by atoms with Gasteiger partial charge >= 0.3 is 6.09 Å². The second-order valence-electron chi connectivity index (χ2n) is 8.97. The summed E-state index contributed by atoms with van der Waals surface area (Å²) in [6.07, 6.45) is 3.62. The summed E-state index contributed by atoms with van der Waals surface area (Å²) in [4.78, 5) is 24.1. The molecule has 1 amide bonds. The van der Waals surface area contributed by atoms with Gasteiger partial charge in [0.25, 0.3) is 0 Å². The molecule has 0 radical (unpaired) electrons. The Morgan fingerprint density at radius 1 is 1.09 bits per heavy atom. The maximum atomic E-state index is 13.4. The van der Waals surface area contributed by atoms with Crippen molar-refractivity contribution in [1.29, 1.82) is 0 Å². The molecule has 3 rings (SSSR count). The number of amides is 1. The smallest absolute Gasteiger partial charge is 0.419 e. The first-order valence-corrected chi connectivity index (χ1v) is 12.6. The van der Waals surface area contributed by atoms with Gasteiger partial charge in [-0.15, -0.1) is 0 Å². The molecule has 34 heavy (non-hydrogen) atoms. The third-order valence-corrected chi connectivity index (χ3v) is 5.39. The predicted octanol–water partition coefficient (Wildman–Crippen LogP) is 7.30. The Balaban J connectivity index is 2.08. The van der Waals surface area contributed by atoms with Gasteiger partial charge in [-0.05, 0) is 82.8 Å². The van der Waals surface area contributed by atoms with Crippen LogP contribution < -0.4 is 9.64 Å². The van der Waals surface area contributed by atoms with E-state index in [1.54, 1.807) is 6.20 Å². The molecule has 0 unspecified atom stereocenters. The summed E-state index contributed by atoms with van der Waals surface area (Å²) < 4.78 is 11.5. The number of nitrogens with zero attached hydrogens (tertiary/aromatic N) is 3. The van der Waals surface area contributed by atoms with Crippen LogP contribution in [0.2, 0.25) is 5.02 Å². The molecule has 0 aliphatic carbocycles. The average Bonchev–Trinajstić information content (AvgIpc) is 2.76. The molecule has 3 aromatic rings. The molecule has 0 spiro atoms. The van der Waals surface area contributed by atoms with Crippen LogP contribution in [0.5, 0.6) is 5.75 Å². The number of thioether (sulfide) groups is 1. The van der Waals surface area contributed by atoms with Crippen molar-refractivity contribution in [3.8, 4) is 5.75 Å². The van der Waals surface area contributed by atoms with Gasteiger partial charge in [0.2, 0.25) is 0 Å². The third kappa shape index (κ3) is 7.11. The predicted molar refractivity (Wildman–Crippen MR) is 139 cm³/mol. The van der Waals surface area contributed by atoms with Crippen LogP contribution in [0.25, 0.3) is 0 Å². The fourth-order valence-corrected chi connectivity index (χ4v) is 3.69.